The van der Waals surface area contributed by atoms with Crippen LogP contribution in [0.2, 0.25) is 0 Å². The average molecular weight is 239 g/mol. The number of hydrogen-bond donors (Lipinski definition) is 0. The van der Waals surface area contributed by atoms with Crippen LogP contribution < -0.4 is 0 Å². The summed E-state index contributed by atoms with van der Waals surface area (Å²) in [5, 5.41) is 0. The van der Waals surface area contributed by atoms with Crippen molar-refractivity contribution in [2.24, 2.45) is 0 Å². The molecule has 0 rings (SSSR count). The molecule has 0 saturated heterocycles. The van der Waals surface area contributed by atoms with Crippen molar-refractivity contribution in [3.05, 3.63) is 10.6 Å². The quantitative estimate of drug-likeness (QED) is 0.559. The van der Waals surface area contributed by atoms with Crippen LogP contribution in [0.15, 0.2) is 10.6 Å². The fourth-order valence-corrected chi connectivity index (χ4v) is 1.42. The van der Waals surface area contributed by atoms with E-state index in [9.17, 15) is 0 Å². The maximum absolute atomic E-state index is 5.65. The van der Waals surface area contributed by atoms with Crippen LogP contribution in [-0.2, 0) is 4.74 Å². The van der Waals surface area contributed by atoms with Crippen molar-refractivity contribution in [2.45, 2.75) is 52.1 Å². The van der Waals surface area contributed by atoms with Crippen molar-refractivity contribution in [3.63, 3.8) is 0 Å². The van der Waals surface area contributed by atoms with E-state index >= 15 is 0 Å². The number of halogens is 2. The van der Waals surface area contributed by atoms with Crippen LogP contribution in [0.3, 0.4) is 0 Å². The predicted molar refractivity (Wildman–Crippen MR) is 64.0 cm³/mol. The summed E-state index contributed by atoms with van der Waals surface area (Å²) in [5.41, 5.74) is 0. The van der Waals surface area contributed by atoms with Crippen LogP contribution in [0.4, 0.5) is 0 Å². The zero-order valence-electron chi connectivity index (χ0n) is 9.06. The van der Waals surface area contributed by atoms with Crippen LogP contribution in [0.5, 0.6) is 0 Å². The summed E-state index contributed by atoms with van der Waals surface area (Å²) in [6.07, 6.45) is 7.44. The van der Waals surface area contributed by atoms with Gasteiger partial charge in [0.25, 0.3) is 0 Å². The molecule has 0 radical (unpaired) electrons. The predicted octanol–water partition coefficient (Wildman–Crippen LogP) is 4.68. The van der Waals surface area contributed by atoms with E-state index < -0.39 is 0 Å². The fraction of sp³-hybridized carbons (Fsp3) is 0.818. The Balaban J connectivity index is 3.79. The van der Waals surface area contributed by atoms with Crippen molar-refractivity contribution in [3.8, 4) is 0 Å². The van der Waals surface area contributed by atoms with E-state index in [-0.39, 0.29) is 6.10 Å². The van der Waals surface area contributed by atoms with E-state index in [0.29, 0.717) is 4.49 Å². The van der Waals surface area contributed by atoms with E-state index in [0.717, 1.165) is 32.3 Å². The Morgan fingerprint density at radius 3 is 2.36 bits per heavy atom. The lowest BCUT2D eigenvalue weighted by molar-refractivity contribution is 0.0758. The second-order valence-corrected chi connectivity index (χ2v) is 4.37. The SMILES string of the molecule is CCCCOC(C=C(Cl)Cl)CCCC. The minimum absolute atomic E-state index is 0.0894. The lowest BCUT2D eigenvalue weighted by Gasteiger charge is -2.13. The Kier molecular flexibility index (Phi) is 10.0. The minimum Gasteiger partial charge on any atom is -0.374 e. The monoisotopic (exact) mass is 238 g/mol. The molecule has 0 spiro atoms. The van der Waals surface area contributed by atoms with Crippen molar-refractivity contribution >= 4 is 23.2 Å². The lowest BCUT2D eigenvalue weighted by atomic mass is 10.1. The molecule has 0 amide bonds. The van der Waals surface area contributed by atoms with Gasteiger partial charge in [-0.15, -0.1) is 0 Å². The molecule has 0 aliphatic carbocycles. The molecule has 0 aromatic carbocycles. The Morgan fingerprint density at radius 2 is 1.86 bits per heavy atom. The van der Waals surface area contributed by atoms with Gasteiger partial charge in [-0.05, 0) is 18.9 Å². The first-order valence-electron chi connectivity index (χ1n) is 5.35. The van der Waals surface area contributed by atoms with Crippen LogP contribution >= 0.6 is 23.2 Å². The normalized spacial score (nSPS) is 12.6. The zero-order chi connectivity index (χ0) is 10.8. The first-order valence-corrected chi connectivity index (χ1v) is 6.10. The van der Waals surface area contributed by atoms with Crippen LogP contribution in [0.1, 0.15) is 46.0 Å². The highest BCUT2D eigenvalue weighted by Crippen LogP contribution is 2.14. The van der Waals surface area contributed by atoms with Crippen LogP contribution in [-0.4, -0.2) is 12.7 Å². The first-order chi connectivity index (χ1) is 6.70. The third kappa shape index (κ3) is 8.86. The van der Waals surface area contributed by atoms with Crippen LogP contribution in [0.25, 0.3) is 0 Å². The molecule has 0 saturated carbocycles. The van der Waals surface area contributed by atoms with Gasteiger partial charge in [-0.1, -0.05) is 56.3 Å². The second kappa shape index (κ2) is 9.82. The molecule has 1 nitrogen and oxygen atoms in total. The Hall–Kier alpha value is 0.280. The van der Waals surface area contributed by atoms with Crippen molar-refractivity contribution < 1.29 is 4.74 Å². The van der Waals surface area contributed by atoms with Gasteiger partial charge >= 0.3 is 0 Å². The second-order valence-electron chi connectivity index (χ2n) is 3.36. The largest absolute Gasteiger partial charge is 0.374 e. The van der Waals surface area contributed by atoms with Gasteiger partial charge in [-0.25, -0.2) is 0 Å². The number of rotatable bonds is 8. The summed E-state index contributed by atoms with van der Waals surface area (Å²) in [7, 11) is 0. The van der Waals surface area contributed by atoms with Crippen LogP contribution in [0, 0.1) is 0 Å². The molecule has 0 aromatic rings. The van der Waals surface area contributed by atoms with E-state index in [2.05, 4.69) is 13.8 Å². The molecule has 0 aromatic heterocycles. The Morgan fingerprint density at radius 1 is 1.21 bits per heavy atom. The van der Waals surface area contributed by atoms with E-state index in [4.69, 9.17) is 27.9 Å². The number of unbranched alkanes of at least 4 members (excludes halogenated alkanes) is 2. The van der Waals surface area contributed by atoms with Gasteiger partial charge in [0.05, 0.1) is 6.10 Å². The highest BCUT2D eigenvalue weighted by molar-refractivity contribution is 6.55. The molecular weight excluding hydrogens is 219 g/mol. The average Bonchev–Trinajstić information content (AvgIpc) is 2.13. The van der Waals surface area contributed by atoms with Gasteiger partial charge in [-0.2, -0.15) is 0 Å². The van der Waals surface area contributed by atoms with Gasteiger partial charge in [0.1, 0.15) is 4.49 Å². The summed E-state index contributed by atoms with van der Waals surface area (Å²) in [5.74, 6) is 0. The molecule has 0 fully saturated rings. The summed E-state index contributed by atoms with van der Waals surface area (Å²) >= 11 is 11.2. The standard InChI is InChI=1S/C11H20Cl2O/c1-3-5-7-10(9-11(12)13)14-8-6-4-2/h9-10H,3-8H2,1-2H3. The summed E-state index contributed by atoms with van der Waals surface area (Å²) < 4.78 is 5.96. The molecule has 1 unspecified atom stereocenters. The van der Waals surface area contributed by atoms with Crippen molar-refractivity contribution in [1.82, 2.24) is 0 Å². The maximum atomic E-state index is 5.65. The van der Waals surface area contributed by atoms with Gasteiger partial charge in [0.15, 0.2) is 0 Å². The summed E-state index contributed by atoms with van der Waals surface area (Å²) in [6.45, 7) is 5.10. The van der Waals surface area contributed by atoms with E-state index in [1.165, 1.54) is 6.42 Å². The molecule has 1 atom stereocenters. The Bertz CT molecular complexity index is 153. The molecule has 0 aliphatic heterocycles. The van der Waals surface area contributed by atoms with E-state index in [1.807, 2.05) is 0 Å². The van der Waals surface area contributed by atoms with Gasteiger partial charge in [0.2, 0.25) is 0 Å². The smallest absolute Gasteiger partial charge is 0.105 e. The molecule has 0 heterocycles. The maximum Gasteiger partial charge on any atom is 0.105 e. The van der Waals surface area contributed by atoms with Crippen molar-refractivity contribution in [2.75, 3.05) is 6.61 Å². The highest BCUT2D eigenvalue weighted by Gasteiger charge is 2.05. The van der Waals surface area contributed by atoms with Gasteiger partial charge < -0.3 is 4.74 Å². The molecule has 0 aliphatic rings. The first kappa shape index (κ1) is 14.3. The van der Waals surface area contributed by atoms with Gasteiger partial charge in [0, 0.05) is 6.61 Å². The number of ether oxygens (including phenoxy) is 1. The summed E-state index contributed by atoms with van der Waals surface area (Å²) in [4.78, 5) is 0. The van der Waals surface area contributed by atoms with E-state index in [1.54, 1.807) is 6.08 Å². The molecular formula is C11H20Cl2O. The third-order valence-electron chi connectivity index (χ3n) is 1.98. The zero-order valence-corrected chi connectivity index (χ0v) is 10.6. The molecule has 84 valence electrons. The van der Waals surface area contributed by atoms with Gasteiger partial charge in [-0.3, -0.25) is 0 Å². The number of hydrogen-bond acceptors (Lipinski definition) is 1. The molecule has 14 heavy (non-hydrogen) atoms. The third-order valence-corrected chi connectivity index (χ3v) is 2.24. The lowest BCUT2D eigenvalue weighted by Crippen LogP contribution is -2.11. The fourth-order valence-electron chi connectivity index (χ4n) is 1.14. The molecule has 0 N–H and O–H groups in total. The Labute approximate surface area is 97.4 Å². The summed E-state index contributed by atoms with van der Waals surface area (Å²) in [6, 6.07) is 0. The highest BCUT2D eigenvalue weighted by atomic mass is 35.5. The minimum atomic E-state index is 0.0894. The molecule has 3 heteroatoms. The topological polar surface area (TPSA) is 9.23 Å². The van der Waals surface area contributed by atoms with Crippen molar-refractivity contribution in [1.29, 1.82) is 0 Å². The molecule has 0 bridgehead atoms.